The predicted octanol–water partition coefficient (Wildman–Crippen LogP) is 3.34. The van der Waals surface area contributed by atoms with Crippen LogP contribution in [0.2, 0.25) is 0 Å². The molecule has 0 saturated heterocycles. The lowest BCUT2D eigenvalue weighted by Crippen LogP contribution is -2.23. The Morgan fingerprint density at radius 3 is 2.75 bits per heavy atom. The molecule has 0 radical (unpaired) electrons. The van der Waals surface area contributed by atoms with Gasteiger partial charge in [-0.2, -0.15) is 0 Å². The molecule has 0 spiro atoms. The largest absolute Gasteiger partial charge is 0.283 e. The van der Waals surface area contributed by atoms with Crippen molar-refractivity contribution in [3.05, 3.63) is 59.4 Å². The van der Waals surface area contributed by atoms with Gasteiger partial charge in [-0.1, -0.05) is 48.2 Å². The number of rotatable bonds is 9. The van der Waals surface area contributed by atoms with Crippen LogP contribution in [0.25, 0.3) is 20.7 Å². The second-order valence-corrected chi connectivity index (χ2v) is 10.2. The predicted molar refractivity (Wildman–Crippen MR) is 118 cm³/mol. The van der Waals surface area contributed by atoms with Crippen LogP contribution in [0.15, 0.2) is 59.0 Å². The van der Waals surface area contributed by atoms with Gasteiger partial charge in [0.05, 0.1) is 11.3 Å². The highest BCUT2D eigenvalue weighted by molar-refractivity contribution is 7.99. The summed E-state index contributed by atoms with van der Waals surface area (Å²) in [5.41, 5.74) is 1.62. The zero-order valence-electron chi connectivity index (χ0n) is 15.4. The van der Waals surface area contributed by atoms with E-state index in [-0.39, 0.29) is 11.3 Å². The van der Waals surface area contributed by atoms with Gasteiger partial charge in [0.25, 0.3) is 5.56 Å². The molecule has 3 aromatic rings. The Hall–Kier alpha value is -1.94. The van der Waals surface area contributed by atoms with Crippen LogP contribution in [0.5, 0.6) is 0 Å². The molecule has 0 atom stereocenters. The van der Waals surface area contributed by atoms with E-state index in [1.54, 1.807) is 10.6 Å². The third-order valence-corrected chi connectivity index (χ3v) is 7.74. The molecule has 28 heavy (non-hydrogen) atoms. The van der Waals surface area contributed by atoms with Gasteiger partial charge in [0.1, 0.15) is 4.70 Å². The number of hydrogen-bond donors (Lipinski definition) is 1. The van der Waals surface area contributed by atoms with E-state index in [1.165, 1.54) is 30.1 Å². The molecule has 2 aromatic heterocycles. The lowest BCUT2D eigenvalue weighted by atomic mass is 10.2. The van der Waals surface area contributed by atoms with E-state index < -0.39 is 10.0 Å². The van der Waals surface area contributed by atoms with Crippen molar-refractivity contribution in [2.24, 2.45) is 0 Å². The summed E-state index contributed by atoms with van der Waals surface area (Å²) in [6.07, 6.45) is 2.13. The van der Waals surface area contributed by atoms with Gasteiger partial charge >= 0.3 is 0 Å². The van der Waals surface area contributed by atoms with Crippen molar-refractivity contribution < 1.29 is 8.42 Å². The van der Waals surface area contributed by atoms with Crippen LogP contribution in [0.4, 0.5) is 0 Å². The first-order valence-corrected chi connectivity index (χ1v) is 12.2. The van der Waals surface area contributed by atoms with Crippen LogP contribution in [-0.2, 0) is 16.6 Å². The molecular weight excluding hydrogens is 414 g/mol. The zero-order chi connectivity index (χ0) is 20.1. The molecule has 6 nitrogen and oxygen atoms in total. The highest BCUT2D eigenvalue weighted by atomic mass is 32.2. The molecule has 2 heterocycles. The first-order chi connectivity index (χ1) is 13.4. The standard InChI is InChI=1S/C19H21N3O3S3/c1-3-10-22-18(23)17-15(13-16(27-17)14-8-5-4-6-9-14)21-19(22)26-11-7-12-28(24,25)20-2/h3-6,8-9,13,20H,1,7,10-12H2,2H3. The molecular formula is C19H21N3O3S3. The molecule has 3 rings (SSSR count). The van der Waals surface area contributed by atoms with Crippen molar-refractivity contribution in [1.82, 2.24) is 14.3 Å². The van der Waals surface area contributed by atoms with Gasteiger partial charge in [0.15, 0.2) is 5.16 Å². The molecule has 148 valence electrons. The third kappa shape index (κ3) is 4.72. The van der Waals surface area contributed by atoms with Crippen molar-refractivity contribution in [3.8, 4) is 10.4 Å². The van der Waals surface area contributed by atoms with Crippen LogP contribution in [-0.4, -0.2) is 36.5 Å². The molecule has 1 N–H and O–H groups in total. The molecule has 0 amide bonds. The quantitative estimate of drug-likeness (QED) is 0.241. The highest BCUT2D eigenvalue weighted by Crippen LogP contribution is 2.32. The van der Waals surface area contributed by atoms with Crippen LogP contribution in [0.3, 0.4) is 0 Å². The number of aromatic nitrogens is 2. The number of nitrogens with zero attached hydrogens (tertiary/aromatic N) is 2. The van der Waals surface area contributed by atoms with E-state index in [0.29, 0.717) is 34.1 Å². The lowest BCUT2D eigenvalue weighted by molar-refractivity contribution is 0.587. The summed E-state index contributed by atoms with van der Waals surface area (Å²) in [5, 5.41) is 0.580. The van der Waals surface area contributed by atoms with Crippen molar-refractivity contribution >= 4 is 43.3 Å². The van der Waals surface area contributed by atoms with Crippen molar-refractivity contribution in [2.75, 3.05) is 18.6 Å². The Labute approximate surface area is 172 Å². The topological polar surface area (TPSA) is 81.1 Å². The fourth-order valence-corrected chi connectivity index (χ4v) is 5.56. The van der Waals surface area contributed by atoms with Crippen LogP contribution >= 0.6 is 23.1 Å². The first-order valence-electron chi connectivity index (χ1n) is 8.70. The molecule has 0 unspecified atom stereocenters. The van der Waals surface area contributed by atoms with Crippen molar-refractivity contribution in [3.63, 3.8) is 0 Å². The average Bonchev–Trinajstić information content (AvgIpc) is 3.13. The van der Waals surface area contributed by atoms with Crippen LogP contribution in [0, 0.1) is 0 Å². The Bertz CT molecular complexity index is 1140. The fraction of sp³-hybridized carbons (Fsp3) is 0.263. The van der Waals surface area contributed by atoms with Crippen molar-refractivity contribution in [2.45, 2.75) is 18.1 Å². The molecule has 0 saturated carbocycles. The summed E-state index contributed by atoms with van der Waals surface area (Å²) >= 11 is 2.82. The lowest BCUT2D eigenvalue weighted by Gasteiger charge is -2.09. The Morgan fingerprint density at radius 2 is 2.07 bits per heavy atom. The van der Waals surface area contributed by atoms with Gasteiger partial charge in [0, 0.05) is 17.2 Å². The summed E-state index contributed by atoms with van der Waals surface area (Å²) in [5.74, 6) is 0.590. The maximum absolute atomic E-state index is 13.0. The van der Waals surface area contributed by atoms with Crippen LogP contribution in [0.1, 0.15) is 6.42 Å². The number of thioether (sulfide) groups is 1. The SMILES string of the molecule is C=CCn1c(SCCCS(=O)(=O)NC)nc2cc(-c3ccccc3)sc2c1=O. The molecule has 9 heteroatoms. The number of sulfonamides is 1. The zero-order valence-corrected chi connectivity index (χ0v) is 17.9. The maximum Gasteiger partial charge on any atom is 0.272 e. The molecule has 1 aromatic carbocycles. The van der Waals surface area contributed by atoms with E-state index in [9.17, 15) is 13.2 Å². The molecule has 0 aliphatic carbocycles. The van der Waals surface area contributed by atoms with Gasteiger partial charge in [0.2, 0.25) is 10.0 Å². The smallest absolute Gasteiger partial charge is 0.272 e. The summed E-state index contributed by atoms with van der Waals surface area (Å²) in [6, 6.07) is 11.8. The second kappa shape index (κ2) is 9.04. The molecule has 0 fully saturated rings. The number of benzene rings is 1. The van der Waals surface area contributed by atoms with Crippen molar-refractivity contribution in [1.29, 1.82) is 0 Å². The number of fused-ring (bicyclic) bond motifs is 1. The van der Waals surface area contributed by atoms with E-state index in [4.69, 9.17) is 0 Å². The monoisotopic (exact) mass is 435 g/mol. The summed E-state index contributed by atoms with van der Waals surface area (Å²) in [7, 11) is -1.83. The first kappa shape index (κ1) is 20.8. The summed E-state index contributed by atoms with van der Waals surface area (Å²) in [4.78, 5) is 18.7. The molecule has 0 aliphatic heterocycles. The Morgan fingerprint density at radius 1 is 1.32 bits per heavy atom. The van der Waals surface area contributed by atoms with Gasteiger partial charge in [-0.15, -0.1) is 17.9 Å². The highest BCUT2D eigenvalue weighted by Gasteiger charge is 2.15. The Balaban J connectivity index is 1.91. The van der Waals surface area contributed by atoms with Gasteiger partial charge in [-0.05, 0) is 25.1 Å². The number of allylic oxidation sites excluding steroid dienone is 1. The summed E-state index contributed by atoms with van der Waals surface area (Å²) < 4.78 is 27.6. The van der Waals surface area contributed by atoms with E-state index in [2.05, 4.69) is 16.3 Å². The molecule has 0 aliphatic rings. The Kier molecular flexibility index (Phi) is 6.71. The van der Waals surface area contributed by atoms with Gasteiger partial charge in [-0.25, -0.2) is 18.1 Å². The summed E-state index contributed by atoms with van der Waals surface area (Å²) in [6.45, 7) is 4.09. The van der Waals surface area contributed by atoms with Gasteiger partial charge in [-0.3, -0.25) is 9.36 Å². The number of thiophene rings is 1. The van der Waals surface area contributed by atoms with Crippen LogP contribution < -0.4 is 10.3 Å². The maximum atomic E-state index is 13.0. The van der Waals surface area contributed by atoms with Gasteiger partial charge < -0.3 is 0 Å². The van der Waals surface area contributed by atoms with E-state index >= 15 is 0 Å². The third-order valence-electron chi connectivity index (χ3n) is 4.07. The van der Waals surface area contributed by atoms with E-state index in [0.717, 1.165) is 10.4 Å². The molecule has 0 bridgehead atoms. The normalized spacial score (nSPS) is 11.8. The minimum Gasteiger partial charge on any atom is -0.283 e. The van der Waals surface area contributed by atoms with E-state index in [1.807, 2.05) is 36.4 Å². The fourth-order valence-electron chi connectivity index (χ4n) is 2.65. The average molecular weight is 436 g/mol. The number of nitrogens with one attached hydrogen (secondary N) is 1. The number of hydrogen-bond acceptors (Lipinski definition) is 6. The minimum absolute atomic E-state index is 0.0427. The minimum atomic E-state index is -3.23. The second-order valence-electron chi connectivity index (χ2n) is 6.01.